The second-order valence-electron chi connectivity index (χ2n) is 3.40. The van der Waals surface area contributed by atoms with E-state index in [0.29, 0.717) is 28.3 Å². The number of nitrogens with zero attached hydrogens (tertiary/aromatic N) is 1. The van der Waals surface area contributed by atoms with Gasteiger partial charge in [0.25, 0.3) is 0 Å². The largest absolute Gasteiger partial charge is 0.439 e. The lowest BCUT2D eigenvalue weighted by Gasteiger charge is -2.06. The Bertz CT molecular complexity index is 514. The van der Waals surface area contributed by atoms with E-state index in [2.05, 4.69) is 4.98 Å². The minimum atomic E-state index is 0.358. The van der Waals surface area contributed by atoms with Crippen LogP contribution in [-0.2, 0) is 6.54 Å². The highest BCUT2D eigenvalue weighted by Crippen LogP contribution is 2.23. The Hall–Kier alpha value is -1.29. The lowest BCUT2D eigenvalue weighted by atomic mass is 10.3. The van der Waals surface area contributed by atoms with Gasteiger partial charge in [-0.1, -0.05) is 23.2 Å². The van der Waals surface area contributed by atoms with Crippen molar-refractivity contribution in [2.24, 2.45) is 5.73 Å². The van der Waals surface area contributed by atoms with E-state index in [9.17, 15) is 0 Å². The van der Waals surface area contributed by atoms with E-state index in [1.807, 2.05) is 0 Å². The molecule has 0 aliphatic carbocycles. The Kier molecular flexibility index (Phi) is 3.84. The quantitative estimate of drug-likeness (QED) is 0.865. The van der Waals surface area contributed by atoms with Crippen molar-refractivity contribution in [3.05, 3.63) is 52.1 Å². The lowest BCUT2D eigenvalue weighted by molar-refractivity contribution is 0.462. The van der Waals surface area contributed by atoms with Crippen molar-refractivity contribution < 1.29 is 4.74 Å². The molecule has 0 amide bonds. The maximum atomic E-state index is 5.85. The van der Waals surface area contributed by atoms with E-state index in [1.165, 1.54) is 0 Å². The first-order chi connectivity index (χ1) is 8.17. The summed E-state index contributed by atoms with van der Waals surface area (Å²) in [4.78, 5) is 4.05. The van der Waals surface area contributed by atoms with Crippen molar-refractivity contribution in [2.75, 3.05) is 0 Å². The topological polar surface area (TPSA) is 48.1 Å². The second kappa shape index (κ2) is 5.36. The Morgan fingerprint density at radius 3 is 2.47 bits per heavy atom. The second-order valence-corrected chi connectivity index (χ2v) is 4.22. The minimum absolute atomic E-state index is 0.358. The van der Waals surface area contributed by atoms with Crippen LogP contribution in [0.1, 0.15) is 5.56 Å². The van der Waals surface area contributed by atoms with Crippen molar-refractivity contribution in [1.29, 1.82) is 0 Å². The molecule has 0 radical (unpaired) electrons. The number of hydrogen-bond donors (Lipinski definition) is 1. The molecule has 2 rings (SSSR count). The van der Waals surface area contributed by atoms with Crippen LogP contribution in [0.5, 0.6) is 11.6 Å². The van der Waals surface area contributed by atoms with Crippen LogP contribution in [0, 0.1) is 0 Å². The van der Waals surface area contributed by atoms with Gasteiger partial charge in [-0.25, -0.2) is 4.98 Å². The molecule has 17 heavy (non-hydrogen) atoms. The highest BCUT2D eigenvalue weighted by molar-refractivity contribution is 6.30. The number of halogens is 2. The molecule has 1 heterocycles. The molecule has 0 aliphatic heterocycles. The average molecular weight is 269 g/mol. The van der Waals surface area contributed by atoms with Crippen LogP contribution in [0.4, 0.5) is 0 Å². The predicted octanol–water partition coefficient (Wildman–Crippen LogP) is 3.64. The van der Waals surface area contributed by atoms with Crippen LogP contribution < -0.4 is 10.5 Å². The molecule has 3 nitrogen and oxygen atoms in total. The normalized spacial score (nSPS) is 10.3. The zero-order chi connectivity index (χ0) is 12.3. The first-order valence-corrected chi connectivity index (χ1v) is 5.73. The number of ether oxygens (including phenoxy) is 1. The summed E-state index contributed by atoms with van der Waals surface area (Å²) in [6.45, 7) is 0.388. The molecule has 0 bridgehead atoms. The van der Waals surface area contributed by atoms with Gasteiger partial charge in [0, 0.05) is 17.6 Å². The number of hydrogen-bond acceptors (Lipinski definition) is 3. The molecule has 0 atom stereocenters. The van der Waals surface area contributed by atoms with Gasteiger partial charge in [-0.3, -0.25) is 0 Å². The Morgan fingerprint density at radius 1 is 1.12 bits per heavy atom. The van der Waals surface area contributed by atoms with Gasteiger partial charge in [-0.15, -0.1) is 0 Å². The first kappa shape index (κ1) is 12.2. The van der Waals surface area contributed by atoms with Crippen molar-refractivity contribution in [3.8, 4) is 11.6 Å². The van der Waals surface area contributed by atoms with Crippen molar-refractivity contribution >= 4 is 23.2 Å². The minimum Gasteiger partial charge on any atom is -0.439 e. The monoisotopic (exact) mass is 268 g/mol. The Morgan fingerprint density at radius 2 is 1.82 bits per heavy atom. The van der Waals surface area contributed by atoms with Gasteiger partial charge in [0.1, 0.15) is 10.9 Å². The zero-order valence-corrected chi connectivity index (χ0v) is 10.4. The predicted molar refractivity (Wildman–Crippen MR) is 68.7 cm³/mol. The first-order valence-electron chi connectivity index (χ1n) is 4.97. The molecule has 1 aromatic heterocycles. The summed E-state index contributed by atoms with van der Waals surface area (Å²) < 4.78 is 5.55. The molecule has 1 aromatic carbocycles. The highest BCUT2D eigenvalue weighted by atomic mass is 35.5. The van der Waals surface area contributed by atoms with Crippen molar-refractivity contribution in [3.63, 3.8) is 0 Å². The van der Waals surface area contributed by atoms with Crippen LogP contribution in [-0.4, -0.2) is 4.98 Å². The van der Waals surface area contributed by atoms with E-state index in [-0.39, 0.29) is 0 Å². The lowest BCUT2D eigenvalue weighted by Crippen LogP contribution is -1.98. The van der Waals surface area contributed by atoms with Crippen LogP contribution in [0.2, 0.25) is 10.2 Å². The SMILES string of the molecule is NCc1cc(Cl)nc(Oc2ccc(Cl)cc2)c1. The van der Waals surface area contributed by atoms with Gasteiger partial charge >= 0.3 is 0 Å². The van der Waals surface area contributed by atoms with E-state index in [1.54, 1.807) is 36.4 Å². The molecule has 88 valence electrons. The van der Waals surface area contributed by atoms with Crippen LogP contribution in [0.25, 0.3) is 0 Å². The molecular weight excluding hydrogens is 259 g/mol. The molecule has 5 heteroatoms. The van der Waals surface area contributed by atoms with Crippen LogP contribution in [0.3, 0.4) is 0 Å². The number of aromatic nitrogens is 1. The molecule has 2 N–H and O–H groups in total. The third-order valence-electron chi connectivity index (χ3n) is 2.10. The number of rotatable bonds is 3. The van der Waals surface area contributed by atoms with E-state index >= 15 is 0 Å². The van der Waals surface area contributed by atoms with Gasteiger partial charge in [0.05, 0.1) is 0 Å². The molecular formula is C12H10Cl2N2O. The van der Waals surface area contributed by atoms with Gasteiger partial charge in [0.2, 0.25) is 5.88 Å². The van der Waals surface area contributed by atoms with Gasteiger partial charge < -0.3 is 10.5 Å². The fraction of sp³-hybridized carbons (Fsp3) is 0.0833. The zero-order valence-electron chi connectivity index (χ0n) is 8.86. The van der Waals surface area contributed by atoms with Gasteiger partial charge in [-0.05, 0) is 35.9 Å². The number of nitrogens with two attached hydrogens (primary N) is 1. The van der Waals surface area contributed by atoms with Crippen LogP contribution in [0.15, 0.2) is 36.4 Å². The Labute approximate surface area is 109 Å². The summed E-state index contributed by atoms with van der Waals surface area (Å²) in [5.41, 5.74) is 6.41. The van der Waals surface area contributed by atoms with Gasteiger partial charge in [-0.2, -0.15) is 0 Å². The van der Waals surface area contributed by atoms with E-state index < -0.39 is 0 Å². The summed E-state index contributed by atoms with van der Waals surface area (Å²) in [6.07, 6.45) is 0. The fourth-order valence-electron chi connectivity index (χ4n) is 1.32. The number of benzene rings is 1. The molecule has 0 saturated carbocycles. The summed E-state index contributed by atoms with van der Waals surface area (Å²) in [7, 11) is 0. The highest BCUT2D eigenvalue weighted by Gasteiger charge is 2.03. The van der Waals surface area contributed by atoms with Crippen LogP contribution >= 0.6 is 23.2 Å². The van der Waals surface area contributed by atoms with Crippen molar-refractivity contribution in [1.82, 2.24) is 4.98 Å². The third-order valence-corrected chi connectivity index (χ3v) is 2.55. The standard InChI is InChI=1S/C12H10Cl2N2O/c13-9-1-3-10(4-2-9)17-12-6-8(7-15)5-11(14)16-12/h1-6H,7,15H2. The molecule has 2 aromatic rings. The van der Waals surface area contributed by atoms with E-state index in [0.717, 1.165) is 5.56 Å². The molecule has 0 saturated heterocycles. The summed E-state index contributed by atoms with van der Waals surface area (Å²) in [6, 6.07) is 10.5. The van der Waals surface area contributed by atoms with Crippen molar-refractivity contribution in [2.45, 2.75) is 6.54 Å². The smallest absolute Gasteiger partial charge is 0.220 e. The van der Waals surface area contributed by atoms with Gasteiger partial charge in [0.15, 0.2) is 0 Å². The summed E-state index contributed by atoms with van der Waals surface area (Å²) in [5, 5.41) is 1.01. The molecule has 0 aliphatic rings. The average Bonchev–Trinajstić information content (AvgIpc) is 2.31. The maximum Gasteiger partial charge on any atom is 0.220 e. The molecule has 0 spiro atoms. The van der Waals surface area contributed by atoms with E-state index in [4.69, 9.17) is 33.7 Å². The fourth-order valence-corrected chi connectivity index (χ4v) is 1.67. The number of pyridine rings is 1. The summed E-state index contributed by atoms with van der Waals surface area (Å²) >= 11 is 11.6. The summed E-state index contributed by atoms with van der Waals surface area (Å²) in [5.74, 6) is 1.06. The third kappa shape index (κ3) is 3.33. The molecule has 0 fully saturated rings. The maximum absolute atomic E-state index is 5.85. The Balaban J connectivity index is 2.23. The molecule has 0 unspecified atom stereocenters.